The molecular formula is C14H30N2O2. The molecule has 1 N–H and O–H groups in total. The van der Waals surface area contributed by atoms with Crippen LogP contribution >= 0.6 is 0 Å². The van der Waals surface area contributed by atoms with Crippen LogP contribution in [0, 0.1) is 5.92 Å². The van der Waals surface area contributed by atoms with Crippen molar-refractivity contribution >= 4 is 5.97 Å². The van der Waals surface area contributed by atoms with Crippen LogP contribution in [0.3, 0.4) is 0 Å². The second kappa shape index (κ2) is 9.34. The SMILES string of the molecule is CC(C)C(C(=O)O)N(C)CCCCCCN(C)C. The van der Waals surface area contributed by atoms with Gasteiger partial charge in [-0.25, -0.2) is 0 Å². The molecule has 18 heavy (non-hydrogen) atoms. The summed E-state index contributed by atoms with van der Waals surface area (Å²) in [6.45, 7) is 5.94. The fourth-order valence-corrected chi connectivity index (χ4v) is 2.26. The number of carboxylic acids is 1. The molecule has 0 bridgehead atoms. The molecule has 0 aromatic carbocycles. The summed E-state index contributed by atoms with van der Waals surface area (Å²) in [5.41, 5.74) is 0. The van der Waals surface area contributed by atoms with E-state index in [1.165, 1.54) is 19.3 Å². The molecule has 0 aliphatic heterocycles. The molecule has 0 saturated carbocycles. The monoisotopic (exact) mass is 258 g/mol. The van der Waals surface area contributed by atoms with Crippen molar-refractivity contribution in [1.82, 2.24) is 9.80 Å². The Morgan fingerprint density at radius 3 is 1.89 bits per heavy atom. The van der Waals surface area contributed by atoms with Crippen molar-refractivity contribution in [3.8, 4) is 0 Å². The Morgan fingerprint density at radius 2 is 1.50 bits per heavy atom. The molecule has 0 heterocycles. The van der Waals surface area contributed by atoms with Crippen LogP contribution in [0.25, 0.3) is 0 Å². The summed E-state index contributed by atoms with van der Waals surface area (Å²) >= 11 is 0. The lowest BCUT2D eigenvalue weighted by Gasteiger charge is -2.27. The lowest BCUT2D eigenvalue weighted by Crippen LogP contribution is -2.42. The number of likely N-dealkylation sites (N-methyl/N-ethyl adjacent to an activating group) is 1. The van der Waals surface area contributed by atoms with Crippen LogP contribution in [0.4, 0.5) is 0 Å². The summed E-state index contributed by atoms with van der Waals surface area (Å²) in [6, 6.07) is -0.355. The van der Waals surface area contributed by atoms with Crippen LogP contribution in [-0.4, -0.2) is 61.2 Å². The number of rotatable bonds is 10. The number of aliphatic carboxylic acids is 1. The maximum Gasteiger partial charge on any atom is 0.321 e. The number of carbonyl (C=O) groups is 1. The first-order valence-corrected chi connectivity index (χ1v) is 6.94. The highest BCUT2D eigenvalue weighted by molar-refractivity contribution is 5.73. The largest absolute Gasteiger partial charge is 0.480 e. The highest BCUT2D eigenvalue weighted by Crippen LogP contribution is 2.11. The van der Waals surface area contributed by atoms with Gasteiger partial charge in [0.2, 0.25) is 0 Å². The van der Waals surface area contributed by atoms with Crippen molar-refractivity contribution < 1.29 is 9.90 Å². The minimum atomic E-state index is -0.708. The molecule has 0 aliphatic carbocycles. The molecule has 1 unspecified atom stereocenters. The Kier molecular flexibility index (Phi) is 9.02. The summed E-state index contributed by atoms with van der Waals surface area (Å²) < 4.78 is 0. The predicted molar refractivity (Wildman–Crippen MR) is 75.9 cm³/mol. The summed E-state index contributed by atoms with van der Waals surface area (Å²) in [5, 5.41) is 9.17. The van der Waals surface area contributed by atoms with Gasteiger partial charge < -0.3 is 10.0 Å². The van der Waals surface area contributed by atoms with E-state index >= 15 is 0 Å². The maximum absolute atomic E-state index is 11.1. The van der Waals surface area contributed by atoms with Crippen LogP contribution in [0.5, 0.6) is 0 Å². The zero-order chi connectivity index (χ0) is 14.1. The van der Waals surface area contributed by atoms with Crippen molar-refractivity contribution in [2.75, 3.05) is 34.2 Å². The number of hydrogen-bond donors (Lipinski definition) is 1. The average molecular weight is 258 g/mol. The van der Waals surface area contributed by atoms with E-state index in [9.17, 15) is 4.79 Å². The van der Waals surface area contributed by atoms with E-state index in [0.717, 1.165) is 19.5 Å². The number of carboxylic acid groups (broad SMARTS) is 1. The fourth-order valence-electron chi connectivity index (χ4n) is 2.26. The van der Waals surface area contributed by atoms with Gasteiger partial charge in [0.25, 0.3) is 0 Å². The molecule has 0 radical (unpaired) electrons. The predicted octanol–water partition coefficient (Wildman–Crippen LogP) is 2.15. The maximum atomic E-state index is 11.1. The molecule has 0 rings (SSSR count). The Hall–Kier alpha value is -0.610. The normalized spacial score (nSPS) is 13.6. The van der Waals surface area contributed by atoms with E-state index in [-0.39, 0.29) is 12.0 Å². The van der Waals surface area contributed by atoms with Gasteiger partial charge in [-0.05, 0) is 53.0 Å². The molecular weight excluding hydrogens is 228 g/mol. The smallest absolute Gasteiger partial charge is 0.321 e. The third-order valence-corrected chi connectivity index (χ3v) is 3.23. The van der Waals surface area contributed by atoms with Gasteiger partial charge >= 0.3 is 5.97 Å². The van der Waals surface area contributed by atoms with Gasteiger partial charge in [0.1, 0.15) is 6.04 Å². The Bertz CT molecular complexity index is 230. The summed E-state index contributed by atoms with van der Waals surface area (Å²) in [4.78, 5) is 15.3. The molecule has 0 amide bonds. The van der Waals surface area contributed by atoms with Gasteiger partial charge in [-0.1, -0.05) is 26.7 Å². The number of hydrogen-bond acceptors (Lipinski definition) is 3. The first-order valence-electron chi connectivity index (χ1n) is 6.94. The zero-order valence-electron chi connectivity index (χ0n) is 12.6. The molecule has 0 aromatic rings. The van der Waals surface area contributed by atoms with Crippen LogP contribution < -0.4 is 0 Å². The van der Waals surface area contributed by atoms with E-state index in [0.29, 0.717) is 0 Å². The van der Waals surface area contributed by atoms with Gasteiger partial charge in [0.15, 0.2) is 0 Å². The lowest BCUT2D eigenvalue weighted by molar-refractivity contribution is -0.144. The lowest BCUT2D eigenvalue weighted by atomic mass is 10.0. The second-order valence-corrected chi connectivity index (χ2v) is 5.73. The second-order valence-electron chi connectivity index (χ2n) is 5.73. The highest BCUT2D eigenvalue weighted by atomic mass is 16.4. The molecule has 0 fully saturated rings. The number of nitrogens with zero attached hydrogens (tertiary/aromatic N) is 2. The van der Waals surface area contributed by atoms with E-state index in [1.807, 2.05) is 25.8 Å². The Labute approximate surface area is 112 Å². The van der Waals surface area contributed by atoms with E-state index in [1.54, 1.807) is 0 Å². The minimum Gasteiger partial charge on any atom is -0.480 e. The standard InChI is InChI=1S/C14H30N2O2/c1-12(2)13(14(17)18)16(5)11-9-7-6-8-10-15(3)4/h12-13H,6-11H2,1-5H3,(H,17,18). The summed E-state index contributed by atoms with van der Waals surface area (Å²) in [5.74, 6) is -0.554. The van der Waals surface area contributed by atoms with Crippen molar-refractivity contribution in [3.63, 3.8) is 0 Å². The third kappa shape index (κ3) is 7.67. The molecule has 4 heteroatoms. The van der Waals surface area contributed by atoms with Crippen molar-refractivity contribution in [2.24, 2.45) is 5.92 Å². The van der Waals surface area contributed by atoms with Crippen LogP contribution in [-0.2, 0) is 4.79 Å². The van der Waals surface area contributed by atoms with Gasteiger partial charge in [-0.15, -0.1) is 0 Å². The van der Waals surface area contributed by atoms with E-state index < -0.39 is 5.97 Å². The fraction of sp³-hybridized carbons (Fsp3) is 0.929. The van der Waals surface area contributed by atoms with Crippen LogP contribution in [0.15, 0.2) is 0 Å². The molecule has 0 aliphatic rings. The topological polar surface area (TPSA) is 43.8 Å². The average Bonchev–Trinajstić information content (AvgIpc) is 2.21. The third-order valence-electron chi connectivity index (χ3n) is 3.23. The van der Waals surface area contributed by atoms with Crippen LogP contribution in [0.2, 0.25) is 0 Å². The van der Waals surface area contributed by atoms with Crippen molar-refractivity contribution in [3.05, 3.63) is 0 Å². The van der Waals surface area contributed by atoms with E-state index in [2.05, 4.69) is 19.0 Å². The van der Waals surface area contributed by atoms with Crippen LogP contribution in [0.1, 0.15) is 39.5 Å². The first-order chi connectivity index (χ1) is 8.36. The molecule has 108 valence electrons. The molecule has 0 spiro atoms. The minimum absolute atomic E-state index is 0.154. The first kappa shape index (κ1) is 17.4. The van der Waals surface area contributed by atoms with Gasteiger partial charge in [0.05, 0.1) is 0 Å². The quantitative estimate of drug-likeness (QED) is 0.610. The molecule has 0 saturated heterocycles. The van der Waals surface area contributed by atoms with Crippen molar-refractivity contribution in [1.29, 1.82) is 0 Å². The number of unbranched alkanes of at least 4 members (excludes halogenated alkanes) is 3. The molecule has 0 aromatic heterocycles. The van der Waals surface area contributed by atoms with Gasteiger partial charge in [-0.3, -0.25) is 9.69 Å². The van der Waals surface area contributed by atoms with Crippen molar-refractivity contribution in [2.45, 2.75) is 45.6 Å². The van der Waals surface area contributed by atoms with Gasteiger partial charge in [0, 0.05) is 0 Å². The Balaban J connectivity index is 3.75. The molecule has 1 atom stereocenters. The van der Waals surface area contributed by atoms with Gasteiger partial charge in [-0.2, -0.15) is 0 Å². The summed E-state index contributed by atoms with van der Waals surface area (Å²) in [6.07, 6.45) is 4.72. The summed E-state index contributed by atoms with van der Waals surface area (Å²) in [7, 11) is 6.10. The molecule has 4 nitrogen and oxygen atoms in total. The highest BCUT2D eigenvalue weighted by Gasteiger charge is 2.25. The zero-order valence-corrected chi connectivity index (χ0v) is 12.6. The van der Waals surface area contributed by atoms with E-state index in [4.69, 9.17) is 5.11 Å². The Morgan fingerprint density at radius 1 is 1.00 bits per heavy atom.